The molecule has 0 aromatic rings. The van der Waals surface area contributed by atoms with E-state index in [2.05, 4.69) is 32.0 Å². The van der Waals surface area contributed by atoms with E-state index in [9.17, 15) is 0 Å². The van der Waals surface area contributed by atoms with Gasteiger partial charge < -0.3 is 9.64 Å². The van der Waals surface area contributed by atoms with Crippen molar-refractivity contribution in [3.63, 3.8) is 0 Å². The van der Waals surface area contributed by atoms with Crippen LogP contribution in [0.3, 0.4) is 0 Å². The lowest BCUT2D eigenvalue weighted by Crippen LogP contribution is -2.22. The van der Waals surface area contributed by atoms with Crippen LogP contribution < -0.4 is 0 Å². The van der Waals surface area contributed by atoms with Gasteiger partial charge in [-0.15, -0.1) is 0 Å². The maximum absolute atomic E-state index is 5.43. The summed E-state index contributed by atoms with van der Waals surface area (Å²) in [5.41, 5.74) is 0. The second-order valence-electron chi connectivity index (χ2n) is 2.75. The van der Waals surface area contributed by atoms with Crippen LogP contribution in [0.25, 0.3) is 0 Å². The molecule has 0 atom stereocenters. The van der Waals surface area contributed by atoms with Crippen LogP contribution in [0, 0.1) is 0 Å². The highest BCUT2D eigenvalue weighted by Crippen LogP contribution is 1.98. The lowest BCUT2D eigenvalue weighted by molar-refractivity contribution is 0.183. The van der Waals surface area contributed by atoms with Gasteiger partial charge in [-0.3, -0.25) is 0 Å². The smallest absolute Gasteiger partial charge is 0.118 e. The Morgan fingerprint density at radius 1 is 1.46 bits per heavy atom. The molecule has 74 valence electrons. The van der Waals surface area contributed by atoms with Crippen molar-refractivity contribution in [3.05, 3.63) is 37.1 Å². The Morgan fingerprint density at radius 2 is 2.15 bits per heavy atom. The highest BCUT2D eigenvalue weighted by atomic mass is 16.5. The molecule has 0 N–H and O–H groups in total. The molecule has 0 aromatic carbocycles. The molecule has 0 unspecified atom stereocenters. The van der Waals surface area contributed by atoms with E-state index in [1.54, 1.807) is 18.2 Å². The third-order valence-electron chi connectivity index (χ3n) is 1.76. The Kier molecular flexibility index (Phi) is 7.02. The van der Waals surface area contributed by atoms with Crippen LogP contribution in [0.5, 0.6) is 0 Å². The lowest BCUT2D eigenvalue weighted by Gasteiger charge is -2.14. The van der Waals surface area contributed by atoms with Gasteiger partial charge in [0.2, 0.25) is 0 Å². The fourth-order valence-electron chi connectivity index (χ4n) is 0.769. The van der Waals surface area contributed by atoms with Gasteiger partial charge in [-0.25, -0.2) is 0 Å². The molecule has 0 spiro atoms. The normalized spacial score (nSPS) is 11.5. The summed E-state index contributed by atoms with van der Waals surface area (Å²) in [5.74, 6) is 0.777. The van der Waals surface area contributed by atoms with Crippen LogP contribution in [0.1, 0.15) is 6.92 Å². The minimum absolute atomic E-state index is 0.691. The number of allylic oxidation sites excluding steroid dienone is 3. The number of ether oxygens (including phenoxy) is 1. The van der Waals surface area contributed by atoms with Crippen molar-refractivity contribution in [1.29, 1.82) is 0 Å². The van der Waals surface area contributed by atoms with Crippen LogP contribution >= 0.6 is 0 Å². The number of likely N-dealkylation sites (N-methyl/N-ethyl adjacent to an activating group) is 1. The van der Waals surface area contributed by atoms with Gasteiger partial charge >= 0.3 is 0 Å². The van der Waals surface area contributed by atoms with E-state index < -0.39 is 0 Å². The first-order chi connectivity index (χ1) is 6.24. The van der Waals surface area contributed by atoms with Crippen molar-refractivity contribution in [1.82, 2.24) is 4.90 Å². The van der Waals surface area contributed by atoms with Gasteiger partial charge in [0.25, 0.3) is 0 Å². The zero-order valence-electron chi connectivity index (χ0n) is 8.62. The monoisotopic (exact) mass is 181 g/mol. The predicted octanol–water partition coefficient (Wildman–Crippen LogP) is 2.21. The van der Waals surface area contributed by atoms with Crippen LogP contribution in [-0.2, 0) is 4.74 Å². The van der Waals surface area contributed by atoms with E-state index >= 15 is 0 Å². The van der Waals surface area contributed by atoms with Crippen molar-refractivity contribution in [2.24, 2.45) is 0 Å². The van der Waals surface area contributed by atoms with E-state index in [1.807, 2.05) is 0 Å². The summed E-state index contributed by atoms with van der Waals surface area (Å²) in [5, 5.41) is 0. The molecule has 0 aliphatic carbocycles. The summed E-state index contributed by atoms with van der Waals surface area (Å²) in [7, 11) is 2.06. The van der Waals surface area contributed by atoms with E-state index in [0.717, 1.165) is 18.8 Å². The van der Waals surface area contributed by atoms with Gasteiger partial charge in [0.1, 0.15) is 12.4 Å². The maximum atomic E-state index is 5.43. The molecule has 0 amide bonds. The van der Waals surface area contributed by atoms with Crippen LogP contribution in [0.4, 0.5) is 0 Å². The Labute approximate surface area is 81.2 Å². The highest BCUT2D eigenvalue weighted by Gasteiger charge is 1.95. The summed E-state index contributed by atoms with van der Waals surface area (Å²) in [6, 6.07) is 0. The van der Waals surface area contributed by atoms with Crippen molar-refractivity contribution >= 4 is 0 Å². The molecule has 0 bridgehead atoms. The van der Waals surface area contributed by atoms with E-state index in [1.165, 1.54) is 0 Å². The largest absolute Gasteiger partial charge is 0.492 e. The van der Waals surface area contributed by atoms with Gasteiger partial charge in [-0.05, 0) is 25.7 Å². The standard InChI is InChI=1S/C11H19NO/c1-5-8-11(6-2)13-10-9-12(4)7-3/h5-6,8H,1-2,7,9-10H2,3-4H3/b11-8+. The molecule has 0 saturated heterocycles. The van der Waals surface area contributed by atoms with Gasteiger partial charge in [0.05, 0.1) is 0 Å². The van der Waals surface area contributed by atoms with Crippen LogP contribution in [-0.4, -0.2) is 31.6 Å². The van der Waals surface area contributed by atoms with Crippen molar-refractivity contribution in [2.75, 3.05) is 26.7 Å². The summed E-state index contributed by atoms with van der Waals surface area (Å²) < 4.78 is 5.43. The Bertz CT molecular complexity index is 185. The molecule has 0 aliphatic heterocycles. The van der Waals surface area contributed by atoms with Crippen LogP contribution in [0.15, 0.2) is 37.1 Å². The van der Waals surface area contributed by atoms with Gasteiger partial charge in [-0.1, -0.05) is 26.2 Å². The predicted molar refractivity (Wildman–Crippen MR) is 57.6 cm³/mol. The molecular formula is C11H19NO. The third-order valence-corrected chi connectivity index (χ3v) is 1.76. The van der Waals surface area contributed by atoms with Gasteiger partial charge in [-0.2, -0.15) is 0 Å². The average molecular weight is 181 g/mol. The second kappa shape index (κ2) is 7.62. The van der Waals surface area contributed by atoms with E-state index in [0.29, 0.717) is 6.61 Å². The summed E-state index contributed by atoms with van der Waals surface area (Å²) in [6.45, 7) is 12.0. The molecule has 0 aromatic heterocycles. The van der Waals surface area contributed by atoms with Crippen molar-refractivity contribution in [2.45, 2.75) is 6.92 Å². The van der Waals surface area contributed by atoms with Gasteiger partial charge in [0.15, 0.2) is 0 Å². The molecule has 2 nitrogen and oxygen atoms in total. The zero-order chi connectivity index (χ0) is 10.1. The molecule has 0 fully saturated rings. The highest BCUT2D eigenvalue weighted by molar-refractivity contribution is 5.14. The molecule has 0 radical (unpaired) electrons. The lowest BCUT2D eigenvalue weighted by atomic mass is 10.4. The van der Waals surface area contributed by atoms with Gasteiger partial charge in [0, 0.05) is 6.54 Å². The minimum atomic E-state index is 0.691. The van der Waals surface area contributed by atoms with Crippen LogP contribution in [0.2, 0.25) is 0 Å². The summed E-state index contributed by atoms with van der Waals surface area (Å²) >= 11 is 0. The fourth-order valence-corrected chi connectivity index (χ4v) is 0.769. The first kappa shape index (κ1) is 12.0. The van der Waals surface area contributed by atoms with E-state index in [-0.39, 0.29) is 0 Å². The maximum Gasteiger partial charge on any atom is 0.118 e. The average Bonchev–Trinajstić information content (AvgIpc) is 2.16. The third kappa shape index (κ3) is 6.17. The van der Waals surface area contributed by atoms with Crippen molar-refractivity contribution in [3.8, 4) is 0 Å². The molecular weight excluding hydrogens is 162 g/mol. The summed E-state index contributed by atoms with van der Waals surface area (Å²) in [4.78, 5) is 2.19. The number of hydrogen-bond acceptors (Lipinski definition) is 2. The zero-order valence-corrected chi connectivity index (χ0v) is 8.62. The Hall–Kier alpha value is -1.02. The fraction of sp³-hybridized carbons (Fsp3) is 0.455. The second-order valence-corrected chi connectivity index (χ2v) is 2.75. The SMILES string of the molecule is C=C/C=C(\C=C)OCCN(C)CC. The molecule has 0 heterocycles. The quantitative estimate of drug-likeness (QED) is 0.441. The topological polar surface area (TPSA) is 12.5 Å². The molecule has 2 heteroatoms. The first-order valence-electron chi connectivity index (χ1n) is 4.51. The molecule has 0 rings (SSSR count). The number of nitrogens with zero attached hydrogens (tertiary/aromatic N) is 1. The molecule has 13 heavy (non-hydrogen) atoms. The summed E-state index contributed by atoms with van der Waals surface area (Å²) in [6.07, 6.45) is 5.19. The van der Waals surface area contributed by atoms with E-state index in [4.69, 9.17) is 4.74 Å². The van der Waals surface area contributed by atoms with Crippen molar-refractivity contribution < 1.29 is 4.74 Å². The minimum Gasteiger partial charge on any atom is -0.492 e. The Balaban J connectivity index is 3.67. The Morgan fingerprint density at radius 3 is 2.62 bits per heavy atom. The number of rotatable bonds is 7. The number of hydrogen-bond donors (Lipinski definition) is 0. The molecule has 0 saturated carbocycles. The first-order valence-corrected chi connectivity index (χ1v) is 4.51. The molecule has 0 aliphatic rings.